The Hall–Kier alpha value is 0.682. The van der Waals surface area contributed by atoms with Crippen molar-refractivity contribution in [3.05, 3.63) is 0 Å². The molecule has 0 aromatic rings. The number of hydrogen-bond donors (Lipinski definition) is 0. The average molecular weight is 250 g/mol. The van der Waals surface area contributed by atoms with Gasteiger partial charge in [0.2, 0.25) is 0 Å². The van der Waals surface area contributed by atoms with Crippen molar-refractivity contribution in [2.45, 2.75) is 27.7 Å². The fourth-order valence-electron chi connectivity index (χ4n) is 1.34. The summed E-state index contributed by atoms with van der Waals surface area (Å²) in [6.07, 6.45) is 5.82. The highest BCUT2D eigenvalue weighted by atomic mass is 31.2. The zero-order chi connectivity index (χ0) is 11.8. The van der Waals surface area contributed by atoms with Gasteiger partial charge in [0.15, 0.2) is 0 Å². The quantitative estimate of drug-likeness (QED) is 0.394. The molecule has 14 heavy (non-hydrogen) atoms. The smallest absolute Gasteiger partial charge is 0.510 e. The minimum absolute atomic E-state index is 0.420. The summed E-state index contributed by atoms with van der Waals surface area (Å²) in [5.41, 5.74) is 0. The summed E-state index contributed by atoms with van der Waals surface area (Å²) in [6, 6.07) is 0. The second-order valence-electron chi connectivity index (χ2n) is 3.10. The van der Waals surface area contributed by atoms with Crippen LogP contribution in [0.5, 0.6) is 0 Å². The van der Waals surface area contributed by atoms with E-state index in [1.165, 1.54) is 24.6 Å². The van der Waals surface area contributed by atoms with Gasteiger partial charge in [-0.1, -0.05) is 0 Å². The first-order valence-electron chi connectivity index (χ1n) is 4.97. The highest BCUT2D eigenvalue weighted by molar-refractivity contribution is 7.75. The molecule has 0 nitrogen and oxygen atoms in total. The van der Waals surface area contributed by atoms with Gasteiger partial charge in [0.1, 0.15) is 0 Å². The summed E-state index contributed by atoms with van der Waals surface area (Å²) in [7, 11) is -0.420. The van der Waals surface area contributed by atoms with Crippen LogP contribution in [0.2, 0.25) is 0 Å². The number of hydrogen-bond acceptors (Lipinski definition) is 0. The van der Waals surface area contributed by atoms with Gasteiger partial charge in [-0.3, -0.25) is 0 Å². The van der Waals surface area contributed by atoms with Gasteiger partial charge in [-0.2, -0.15) is 0 Å². The Bertz CT molecular complexity index is 110. The molecule has 0 fully saturated rings. The van der Waals surface area contributed by atoms with E-state index in [0.29, 0.717) is 0 Å². The van der Waals surface area contributed by atoms with Crippen molar-refractivity contribution in [1.82, 2.24) is 0 Å². The third kappa shape index (κ3) is 10.8. The summed E-state index contributed by atoms with van der Waals surface area (Å²) in [6.45, 7) is 9.41. The molecule has 0 aromatic heterocycles. The normalized spacial score (nSPS) is 12.0. The predicted octanol–water partition coefficient (Wildman–Crippen LogP) is 4.38. The Labute approximate surface area is 89.0 Å². The predicted molar refractivity (Wildman–Crippen MR) is 59.3 cm³/mol. The fraction of sp³-hybridized carbons (Fsp3) is 1.00. The molecule has 0 aromatic carbocycles. The van der Waals surface area contributed by atoms with E-state index >= 15 is 0 Å². The second-order valence-corrected chi connectivity index (χ2v) is 9.30. The van der Waals surface area contributed by atoms with E-state index in [1.807, 2.05) is 0 Å². The topological polar surface area (TPSA) is 0 Å². The maximum atomic E-state index is 9.85. The highest BCUT2D eigenvalue weighted by Gasteiger charge is 2.41. The van der Waals surface area contributed by atoms with Crippen LogP contribution in [-0.2, 0) is 0 Å². The van der Waals surface area contributed by atoms with Gasteiger partial charge in [0.05, 0.1) is 24.6 Å². The van der Waals surface area contributed by atoms with E-state index in [9.17, 15) is 14.1 Å². The SMILES string of the molecule is CC[P+](CC)(CC)CC.[F][Al-]([F])([F])[F]. The summed E-state index contributed by atoms with van der Waals surface area (Å²) >= 11 is -6.83. The largest absolute Gasteiger partial charge is 1.04 e. The van der Waals surface area contributed by atoms with Gasteiger partial charge >= 0.3 is 14.9 Å². The molecule has 0 unspecified atom stereocenters. The molecule has 0 aliphatic rings. The molecular formula is C8H20AlF4P. The minimum Gasteiger partial charge on any atom is -0.510 e. The van der Waals surface area contributed by atoms with Crippen molar-refractivity contribution in [2.75, 3.05) is 24.6 Å². The third-order valence-corrected chi connectivity index (χ3v) is 8.05. The molecule has 0 radical (unpaired) electrons. The van der Waals surface area contributed by atoms with Gasteiger partial charge < -0.3 is 14.1 Å². The fourth-order valence-corrected chi connectivity index (χ4v) is 4.02. The van der Waals surface area contributed by atoms with Crippen molar-refractivity contribution in [3.8, 4) is 0 Å². The van der Waals surface area contributed by atoms with E-state index in [0.717, 1.165) is 0 Å². The van der Waals surface area contributed by atoms with Crippen LogP contribution in [0.1, 0.15) is 27.7 Å². The van der Waals surface area contributed by atoms with Crippen LogP contribution in [0, 0.1) is 0 Å². The number of halogens is 4. The Kier molecular flexibility index (Phi) is 9.65. The van der Waals surface area contributed by atoms with E-state index in [4.69, 9.17) is 0 Å². The molecule has 0 saturated carbocycles. The van der Waals surface area contributed by atoms with Gasteiger partial charge in [0, 0.05) is 7.26 Å². The van der Waals surface area contributed by atoms with Crippen LogP contribution < -0.4 is 0 Å². The van der Waals surface area contributed by atoms with Crippen LogP contribution in [0.4, 0.5) is 14.1 Å². The molecular weight excluding hydrogens is 230 g/mol. The first-order valence-corrected chi connectivity index (χ1v) is 9.24. The Morgan fingerprint density at radius 1 is 0.714 bits per heavy atom. The molecule has 0 bridgehead atoms. The molecule has 0 N–H and O–H groups in total. The molecule has 0 aliphatic heterocycles. The van der Waals surface area contributed by atoms with Crippen LogP contribution in [0.3, 0.4) is 0 Å². The first-order chi connectivity index (χ1) is 6.24. The molecule has 6 heteroatoms. The van der Waals surface area contributed by atoms with Crippen molar-refractivity contribution < 1.29 is 14.1 Å². The average Bonchev–Trinajstić information content (AvgIpc) is 2.07. The van der Waals surface area contributed by atoms with E-state index in [1.54, 1.807) is 0 Å². The summed E-state index contributed by atoms with van der Waals surface area (Å²) in [5.74, 6) is 0. The first kappa shape index (κ1) is 17.1. The van der Waals surface area contributed by atoms with E-state index in [-0.39, 0.29) is 0 Å². The van der Waals surface area contributed by atoms with Gasteiger partial charge in [-0.05, 0) is 27.7 Å². The maximum Gasteiger partial charge on any atom is 1.04 e. The lowest BCUT2D eigenvalue weighted by Crippen LogP contribution is -2.04. The van der Waals surface area contributed by atoms with Crippen molar-refractivity contribution in [1.29, 1.82) is 0 Å². The van der Waals surface area contributed by atoms with Crippen LogP contribution in [-0.4, -0.2) is 39.6 Å². The standard InChI is InChI=1S/C8H20P.Al.4FH/c1-5-9(6-2,7-3)8-4;;;;;/h5-8H2,1-4H3;;4*1H/q+1;+3;;;;/p-4. The molecule has 0 heterocycles. The molecule has 88 valence electrons. The van der Waals surface area contributed by atoms with Crippen LogP contribution >= 0.6 is 7.26 Å². The summed E-state index contributed by atoms with van der Waals surface area (Å²) in [4.78, 5) is 0. The van der Waals surface area contributed by atoms with Crippen molar-refractivity contribution >= 4 is 22.2 Å². The van der Waals surface area contributed by atoms with Crippen LogP contribution in [0.15, 0.2) is 0 Å². The maximum absolute atomic E-state index is 9.85. The molecule has 0 atom stereocenters. The summed E-state index contributed by atoms with van der Waals surface area (Å²) in [5, 5.41) is 0. The highest BCUT2D eigenvalue weighted by Crippen LogP contribution is 2.57. The van der Waals surface area contributed by atoms with E-state index < -0.39 is 22.2 Å². The Balaban J connectivity index is 0. The molecule has 0 amide bonds. The van der Waals surface area contributed by atoms with E-state index in [2.05, 4.69) is 27.7 Å². The van der Waals surface area contributed by atoms with Crippen molar-refractivity contribution in [2.24, 2.45) is 0 Å². The zero-order valence-corrected chi connectivity index (χ0v) is 11.4. The molecule has 0 aliphatic carbocycles. The van der Waals surface area contributed by atoms with Gasteiger partial charge in [-0.15, -0.1) is 0 Å². The van der Waals surface area contributed by atoms with Crippen molar-refractivity contribution in [3.63, 3.8) is 0 Å². The lowest BCUT2D eigenvalue weighted by molar-refractivity contribution is 0.368. The molecule has 0 rings (SSSR count). The zero-order valence-electron chi connectivity index (χ0n) is 9.36. The second kappa shape index (κ2) is 7.91. The van der Waals surface area contributed by atoms with Gasteiger partial charge in [-0.25, -0.2) is 0 Å². The molecule has 0 saturated heterocycles. The molecule has 0 spiro atoms. The summed E-state index contributed by atoms with van der Waals surface area (Å²) < 4.78 is 39.4. The van der Waals surface area contributed by atoms with Gasteiger partial charge in [0.25, 0.3) is 0 Å². The monoisotopic (exact) mass is 250 g/mol. The lowest BCUT2D eigenvalue weighted by Gasteiger charge is -2.20. The lowest BCUT2D eigenvalue weighted by atomic mass is 10.9. The van der Waals surface area contributed by atoms with Crippen LogP contribution in [0.25, 0.3) is 0 Å². The number of rotatable bonds is 4. The third-order valence-electron chi connectivity index (χ3n) is 2.68. The Morgan fingerprint density at radius 3 is 0.857 bits per heavy atom. The Morgan fingerprint density at radius 2 is 0.857 bits per heavy atom. The minimum atomic E-state index is -6.83.